The molecule has 1 saturated carbocycles. The predicted octanol–water partition coefficient (Wildman–Crippen LogP) is 4.65. The average Bonchev–Trinajstić information content (AvgIpc) is 2.76. The molecule has 6 heteroatoms. The van der Waals surface area contributed by atoms with Crippen molar-refractivity contribution in [1.82, 2.24) is 4.98 Å². The molecule has 2 aromatic rings. The van der Waals surface area contributed by atoms with Crippen LogP contribution in [0.1, 0.15) is 51.9 Å². The summed E-state index contributed by atoms with van der Waals surface area (Å²) in [5, 5.41) is 1.91. The number of rotatable bonds is 5. The lowest BCUT2D eigenvalue weighted by Crippen LogP contribution is -2.51. The van der Waals surface area contributed by atoms with Gasteiger partial charge in [0.05, 0.1) is 11.1 Å². The minimum Gasteiger partial charge on any atom is -0.489 e. The van der Waals surface area contributed by atoms with Crippen LogP contribution in [-0.4, -0.2) is 30.3 Å². The summed E-state index contributed by atoms with van der Waals surface area (Å²) in [6.45, 7) is 3.91. The van der Waals surface area contributed by atoms with Gasteiger partial charge in [0.15, 0.2) is 0 Å². The van der Waals surface area contributed by atoms with Crippen LogP contribution in [0.15, 0.2) is 29.2 Å². The van der Waals surface area contributed by atoms with Gasteiger partial charge in [0, 0.05) is 30.8 Å². The molecule has 4 rings (SSSR count). The number of aromatic amines is 1. The maximum Gasteiger partial charge on any atom is 0.255 e. The van der Waals surface area contributed by atoms with Crippen molar-refractivity contribution in [3.8, 4) is 5.75 Å². The summed E-state index contributed by atoms with van der Waals surface area (Å²) in [4.78, 5) is 14.7. The number of aromatic nitrogens is 1. The molecule has 1 aliphatic carbocycles. The Morgan fingerprint density at radius 1 is 1.28 bits per heavy atom. The van der Waals surface area contributed by atoms with Crippen molar-refractivity contribution < 1.29 is 9.47 Å². The monoisotopic (exact) mass is 418 g/mol. The predicted molar refractivity (Wildman–Crippen MR) is 117 cm³/mol. The zero-order valence-electron chi connectivity index (χ0n) is 17.1. The van der Waals surface area contributed by atoms with Crippen molar-refractivity contribution >= 4 is 22.4 Å². The first-order chi connectivity index (χ1) is 14.0. The molecule has 0 bridgehead atoms. The molecule has 29 heavy (non-hydrogen) atoms. The van der Waals surface area contributed by atoms with E-state index < -0.39 is 0 Å². The Labute approximate surface area is 176 Å². The number of fused-ring (bicyclic) bond motifs is 1. The molecule has 1 aliphatic heterocycles. The molecule has 0 spiro atoms. The van der Waals surface area contributed by atoms with Gasteiger partial charge in [-0.3, -0.25) is 4.79 Å². The third kappa shape index (κ3) is 4.05. The van der Waals surface area contributed by atoms with Gasteiger partial charge in [-0.1, -0.05) is 18.5 Å². The molecule has 2 fully saturated rings. The van der Waals surface area contributed by atoms with Crippen molar-refractivity contribution in [2.24, 2.45) is 17.1 Å². The topological polar surface area (TPSA) is 77.3 Å². The fourth-order valence-electron chi connectivity index (χ4n) is 5.47. The van der Waals surface area contributed by atoms with Crippen LogP contribution in [0, 0.1) is 11.3 Å². The molecule has 0 amide bonds. The fraction of sp³-hybridized carbons (Fsp3) is 0.609. The Morgan fingerprint density at radius 2 is 2.00 bits per heavy atom. The van der Waals surface area contributed by atoms with Gasteiger partial charge in [-0.2, -0.15) is 0 Å². The summed E-state index contributed by atoms with van der Waals surface area (Å²) in [6.07, 6.45) is 9.15. The molecule has 158 valence electrons. The molecule has 1 aromatic heterocycles. The molecule has 1 atom stereocenters. The Hall–Kier alpha value is -1.56. The van der Waals surface area contributed by atoms with Crippen LogP contribution in [0.3, 0.4) is 0 Å². The summed E-state index contributed by atoms with van der Waals surface area (Å²) < 4.78 is 11.9. The SMILES string of the molecule is CCC(N)[C@]1(C2CCOCC2)CC[C@@H](Oc2cc3cc[nH]c(=O)c3cc2Cl)CC1. The summed E-state index contributed by atoms with van der Waals surface area (Å²) in [5.74, 6) is 1.30. The normalized spacial score (nSPS) is 27.1. The van der Waals surface area contributed by atoms with Crippen LogP contribution in [0.5, 0.6) is 5.75 Å². The van der Waals surface area contributed by atoms with Crippen molar-refractivity contribution in [3.05, 3.63) is 39.8 Å². The minimum absolute atomic E-state index is 0.129. The van der Waals surface area contributed by atoms with Gasteiger partial charge in [0.25, 0.3) is 5.56 Å². The van der Waals surface area contributed by atoms with E-state index in [-0.39, 0.29) is 23.1 Å². The number of ether oxygens (including phenoxy) is 2. The van der Waals surface area contributed by atoms with Gasteiger partial charge in [-0.15, -0.1) is 0 Å². The van der Waals surface area contributed by atoms with Gasteiger partial charge in [-0.05, 0) is 79.9 Å². The summed E-state index contributed by atoms with van der Waals surface area (Å²) in [5.41, 5.74) is 6.73. The third-order valence-corrected chi connectivity index (χ3v) is 7.49. The highest BCUT2D eigenvalue weighted by Crippen LogP contribution is 2.49. The first-order valence-corrected chi connectivity index (χ1v) is 11.2. The van der Waals surface area contributed by atoms with E-state index in [4.69, 9.17) is 26.8 Å². The van der Waals surface area contributed by atoms with Crippen LogP contribution >= 0.6 is 11.6 Å². The van der Waals surface area contributed by atoms with E-state index in [0.717, 1.165) is 63.5 Å². The van der Waals surface area contributed by atoms with E-state index in [1.54, 1.807) is 12.3 Å². The second kappa shape index (κ2) is 8.66. The number of nitrogens with one attached hydrogen (secondary N) is 1. The van der Waals surface area contributed by atoms with Crippen LogP contribution < -0.4 is 16.0 Å². The van der Waals surface area contributed by atoms with E-state index in [2.05, 4.69) is 11.9 Å². The highest BCUT2D eigenvalue weighted by molar-refractivity contribution is 6.32. The Kier molecular flexibility index (Phi) is 6.19. The van der Waals surface area contributed by atoms with Gasteiger partial charge in [-0.25, -0.2) is 0 Å². The Balaban J connectivity index is 1.49. The smallest absolute Gasteiger partial charge is 0.255 e. The van der Waals surface area contributed by atoms with E-state index in [0.29, 0.717) is 22.1 Å². The molecule has 0 radical (unpaired) electrons. The standard InChI is InChI=1S/C23H31ClN2O3/c1-2-21(25)23(16-6-11-28-12-7-16)8-3-17(4-9-23)29-20-13-15-5-10-26-22(27)18(15)14-19(20)24/h5,10,13-14,16-17,21H,2-4,6-9,11-12,25H2,1H3,(H,26,27)/t17-,21?,23-. The van der Waals surface area contributed by atoms with Crippen molar-refractivity contribution in [2.75, 3.05) is 13.2 Å². The third-order valence-electron chi connectivity index (χ3n) is 7.20. The van der Waals surface area contributed by atoms with E-state index in [1.165, 1.54) is 0 Å². The van der Waals surface area contributed by atoms with Gasteiger partial charge in [0.2, 0.25) is 0 Å². The number of hydrogen-bond donors (Lipinski definition) is 2. The zero-order chi connectivity index (χ0) is 20.4. The highest BCUT2D eigenvalue weighted by Gasteiger charge is 2.46. The van der Waals surface area contributed by atoms with Gasteiger partial charge < -0.3 is 20.2 Å². The molecule has 3 N–H and O–H groups in total. The van der Waals surface area contributed by atoms with E-state index >= 15 is 0 Å². The van der Waals surface area contributed by atoms with Crippen LogP contribution in [0.2, 0.25) is 5.02 Å². The van der Waals surface area contributed by atoms with E-state index in [1.807, 2.05) is 12.1 Å². The molecular formula is C23H31ClN2O3. The summed E-state index contributed by atoms with van der Waals surface area (Å²) in [7, 11) is 0. The maximum absolute atomic E-state index is 12.0. The average molecular weight is 419 g/mol. The quantitative estimate of drug-likeness (QED) is 0.740. The molecule has 2 aliphatic rings. The number of nitrogens with two attached hydrogens (primary N) is 1. The second-order valence-electron chi connectivity index (χ2n) is 8.63. The molecule has 1 saturated heterocycles. The number of benzene rings is 1. The number of pyridine rings is 1. The van der Waals surface area contributed by atoms with Crippen LogP contribution in [0.25, 0.3) is 10.8 Å². The van der Waals surface area contributed by atoms with Gasteiger partial charge in [0.1, 0.15) is 5.75 Å². The van der Waals surface area contributed by atoms with Crippen LogP contribution in [-0.2, 0) is 4.74 Å². The lowest BCUT2D eigenvalue weighted by atomic mass is 9.59. The molecule has 1 unspecified atom stereocenters. The van der Waals surface area contributed by atoms with E-state index in [9.17, 15) is 4.79 Å². The molecule has 2 heterocycles. The lowest BCUT2D eigenvalue weighted by molar-refractivity contribution is -0.0398. The first-order valence-electron chi connectivity index (χ1n) is 10.8. The Bertz CT molecular complexity index is 899. The molecule has 1 aromatic carbocycles. The highest BCUT2D eigenvalue weighted by atomic mass is 35.5. The molecule has 5 nitrogen and oxygen atoms in total. The number of halogens is 1. The number of H-pyrrole nitrogens is 1. The summed E-state index contributed by atoms with van der Waals surface area (Å²) >= 11 is 6.43. The fourth-order valence-corrected chi connectivity index (χ4v) is 5.67. The summed E-state index contributed by atoms with van der Waals surface area (Å²) in [6, 6.07) is 5.68. The zero-order valence-corrected chi connectivity index (χ0v) is 17.8. The van der Waals surface area contributed by atoms with Crippen molar-refractivity contribution in [2.45, 2.75) is 64.0 Å². The first kappa shape index (κ1) is 20.7. The van der Waals surface area contributed by atoms with Crippen LogP contribution in [0.4, 0.5) is 0 Å². The van der Waals surface area contributed by atoms with Gasteiger partial charge >= 0.3 is 0 Å². The number of hydrogen-bond acceptors (Lipinski definition) is 4. The van der Waals surface area contributed by atoms with Crippen molar-refractivity contribution in [1.29, 1.82) is 0 Å². The maximum atomic E-state index is 12.0. The lowest BCUT2D eigenvalue weighted by Gasteiger charge is -2.50. The minimum atomic E-state index is -0.136. The second-order valence-corrected chi connectivity index (χ2v) is 9.04. The largest absolute Gasteiger partial charge is 0.489 e. The van der Waals surface area contributed by atoms with Crippen molar-refractivity contribution in [3.63, 3.8) is 0 Å². The molecular weight excluding hydrogens is 388 g/mol. The Morgan fingerprint density at radius 3 is 2.69 bits per heavy atom.